The van der Waals surface area contributed by atoms with E-state index in [1.165, 1.54) is 38.8 Å². The van der Waals surface area contributed by atoms with Crippen LogP contribution in [0.15, 0.2) is 18.2 Å². The summed E-state index contributed by atoms with van der Waals surface area (Å²) in [6.45, 7) is 6.23. The van der Waals surface area contributed by atoms with Crippen molar-refractivity contribution in [3.8, 4) is 17.2 Å². The summed E-state index contributed by atoms with van der Waals surface area (Å²) in [6, 6.07) is 3.96. The van der Waals surface area contributed by atoms with Gasteiger partial charge >= 0.3 is 0 Å². The van der Waals surface area contributed by atoms with Crippen molar-refractivity contribution in [1.29, 1.82) is 0 Å². The van der Waals surface area contributed by atoms with Crippen LogP contribution >= 0.6 is 0 Å². The monoisotopic (exact) mass is 746 g/mol. The zero-order chi connectivity index (χ0) is 39.2. The lowest BCUT2D eigenvalue weighted by Crippen LogP contribution is -2.59. The van der Waals surface area contributed by atoms with Crippen LogP contribution in [0.1, 0.15) is 82.2 Å². The van der Waals surface area contributed by atoms with Gasteiger partial charge < -0.3 is 60.9 Å². The van der Waals surface area contributed by atoms with Gasteiger partial charge in [0, 0.05) is 62.2 Å². The minimum atomic E-state index is -2.24. The Labute approximate surface area is 307 Å². The first-order valence-corrected chi connectivity index (χ1v) is 17.3. The number of aliphatic hydroxyl groups is 2. The van der Waals surface area contributed by atoms with Crippen LogP contribution in [0.5, 0.6) is 17.2 Å². The molecule has 2 amide bonds. The molecule has 6 rings (SSSR count). The Morgan fingerprint density at radius 1 is 1.13 bits per heavy atom. The highest BCUT2D eigenvalue weighted by atomic mass is 16.7. The lowest BCUT2D eigenvalue weighted by molar-refractivity contribution is -0.266. The van der Waals surface area contributed by atoms with Crippen LogP contribution in [0.4, 0.5) is 0 Å². The molecule has 0 spiro atoms. The number of methoxy groups -OCH3 is 2. The number of amides is 2. The number of ether oxygens (including phenoxy) is 5. The number of ketones is 2. The summed E-state index contributed by atoms with van der Waals surface area (Å²) in [5.41, 5.74) is 6.25. The third kappa shape index (κ3) is 8.32. The number of aliphatic hydroxyl groups excluding tert-OH is 1. The molecule has 2 aliphatic heterocycles. The van der Waals surface area contributed by atoms with E-state index in [-0.39, 0.29) is 40.8 Å². The van der Waals surface area contributed by atoms with E-state index < -0.39 is 95.5 Å². The SMILES string of the molecule is CCCNC.COc1cccc2c1C(=O)c1c(O)c3c(c(O)c1C2=O)CC(O)(C(N)=O)CC3OC1CC(N2CCOC(OC)C2)C(O)C(C)O1.NC=O. The maximum atomic E-state index is 13.8. The Morgan fingerprint density at radius 3 is 2.40 bits per heavy atom. The molecule has 9 N–H and O–H groups in total. The van der Waals surface area contributed by atoms with Crippen molar-refractivity contribution in [3.63, 3.8) is 0 Å². The topological polar surface area (TPSA) is 263 Å². The number of nitrogens with two attached hydrogens (primary N) is 2. The molecule has 17 nitrogen and oxygen atoms in total. The second kappa shape index (κ2) is 17.7. The van der Waals surface area contributed by atoms with Gasteiger partial charge in [0.2, 0.25) is 18.1 Å². The van der Waals surface area contributed by atoms with Gasteiger partial charge in [0.25, 0.3) is 0 Å². The predicted molar refractivity (Wildman–Crippen MR) is 187 cm³/mol. The molecule has 2 fully saturated rings. The van der Waals surface area contributed by atoms with Crippen LogP contribution in [0, 0.1) is 0 Å². The van der Waals surface area contributed by atoms with Crippen molar-refractivity contribution in [3.05, 3.63) is 51.6 Å². The van der Waals surface area contributed by atoms with Crippen LogP contribution in [0.2, 0.25) is 0 Å². The van der Waals surface area contributed by atoms with E-state index in [1.54, 1.807) is 6.92 Å². The first kappa shape index (κ1) is 41.6. The average Bonchev–Trinajstić information content (AvgIpc) is 3.13. The van der Waals surface area contributed by atoms with Crippen LogP contribution < -0.4 is 21.5 Å². The lowest BCUT2D eigenvalue weighted by Gasteiger charge is -2.46. The molecule has 17 heteroatoms. The fraction of sp³-hybridized carbons (Fsp3) is 0.556. The van der Waals surface area contributed by atoms with E-state index >= 15 is 0 Å². The molecule has 0 radical (unpaired) electrons. The zero-order valence-electron chi connectivity index (χ0n) is 30.5. The number of phenols is 2. The van der Waals surface area contributed by atoms with Gasteiger partial charge in [0.1, 0.15) is 22.8 Å². The fourth-order valence-corrected chi connectivity index (χ4v) is 7.21. The molecule has 7 unspecified atom stereocenters. The lowest BCUT2D eigenvalue weighted by atomic mass is 9.72. The zero-order valence-corrected chi connectivity index (χ0v) is 30.5. The minimum absolute atomic E-state index is 0.0386. The second-order valence-electron chi connectivity index (χ2n) is 13.1. The summed E-state index contributed by atoms with van der Waals surface area (Å²) >= 11 is 0. The number of primary amides is 2. The number of hydrogen-bond donors (Lipinski definition) is 7. The van der Waals surface area contributed by atoms with Crippen LogP contribution in [-0.4, -0.2) is 133 Å². The smallest absolute Gasteiger partial charge is 0.249 e. The molecule has 0 bridgehead atoms. The molecule has 53 heavy (non-hydrogen) atoms. The Morgan fingerprint density at radius 2 is 1.81 bits per heavy atom. The Balaban J connectivity index is 0.000000714. The van der Waals surface area contributed by atoms with Crippen molar-refractivity contribution >= 4 is 23.9 Å². The third-order valence-electron chi connectivity index (χ3n) is 9.82. The molecule has 7 atom stereocenters. The quantitative estimate of drug-likeness (QED) is 0.118. The van der Waals surface area contributed by atoms with Crippen LogP contribution in [0.25, 0.3) is 0 Å². The number of nitrogens with zero attached hydrogens (tertiary/aromatic N) is 1. The number of phenolic OH excluding ortho intramolecular Hbond substituents is 2. The normalized spacial score (nSPS) is 27.8. The van der Waals surface area contributed by atoms with Crippen molar-refractivity contribution < 1.29 is 63.3 Å². The van der Waals surface area contributed by atoms with E-state index in [2.05, 4.69) is 18.0 Å². The van der Waals surface area contributed by atoms with Gasteiger partial charge in [-0.1, -0.05) is 19.1 Å². The number of benzene rings is 2. The summed E-state index contributed by atoms with van der Waals surface area (Å²) in [4.78, 5) is 50.6. The maximum Gasteiger partial charge on any atom is 0.249 e. The third-order valence-corrected chi connectivity index (χ3v) is 9.82. The van der Waals surface area contributed by atoms with Crippen LogP contribution in [0.3, 0.4) is 0 Å². The van der Waals surface area contributed by atoms with Crippen molar-refractivity contribution in [1.82, 2.24) is 10.2 Å². The van der Waals surface area contributed by atoms with Gasteiger partial charge in [-0.05, 0) is 33.0 Å². The number of carbonyl (C=O) groups is 4. The summed E-state index contributed by atoms with van der Waals surface area (Å²) in [7, 11) is 4.82. The number of nitrogens with one attached hydrogen (secondary N) is 1. The van der Waals surface area contributed by atoms with Gasteiger partial charge in [-0.3, -0.25) is 24.1 Å². The summed E-state index contributed by atoms with van der Waals surface area (Å²) in [5.74, 6) is -3.82. The van der Waals surface area contributed by atoms with Gasteiger partial charge in [-0.15, -0.1) is 0 Å². The maximum absolute atomic E-state index is 13.8. The molecule has 4 aliphatic rings. The average molecular weight is 747 g/mol. The highest BCUT2D eigenvalue weighted by molar-refractivity contribution is 6.31. The fourth-order valence-electron chi connectivity index (χ4n) is 7.21. The Bertz CT molecular complexity index is 1670. The standard InChI is InChI=1S/C31H36N2O12.C4H11N.CH3NO/c1-13-25(34)16(33-7-8-43-20(12-33)42-3)9-19(44-13)45-18-11-31(40,30(32)39)10-15-22(18)29(38)24-23(27(15)36)26(35)14-5-4-6-17(41-2)21(14)28(24)37;1-3-4-5-2;2-1-3/h4-6,13,16,18-20,25,34,36,38,40H,7-12H2,1-3H3,(H2,32,39);5H,3-4H2,1-2H3;1H,(H2,2,3). The van der Waals surface area contributed by atoms with E-state index in [9.17, 15) is 34.8 Å². The first-order chi connectivity index (χ1) is 25.2. The molecular formula is C36H50N4O13. The minimum Gasteiger partial charge on any atom is -0.507 e. The van der Waals surface area contributed by atoms with Gasteiger partial charge in [-0.2, -0.15) is 0 Å². The highest BCUT2D eigenvalue weighted by Gasteiger charge is 2.50. The van der Waals surface area contributed by atoms with E-state index in [1.807, 2.05) is 11.9 Å². The predicted octanol–water partition coefficient (Wildman–Crippen LogP) is -0.0115. The molecule has 0 saturated carbocycles. The second-order valence-corrected chi connectivity index (χ2v) is 13.1. The molecule has 2 saturated heterocycles. The van der Waals surface area contributed by atoms with Crippen LogP contribution in [-0.2, 0) is 35.0 Å². The molecule has 2 heterocycles. The van der Waals surface area contributed by atoms with E-state index in [0.717, 1.165) is 6.54 Å². The number of rotatable bonds is 8. The molecule has 2 aliphatic carbocycles. The molecule has 0 aromatic heterocycles. The number of fused-ring (bicyclic) bond motifs is 3. The highest BCUT2D eigenvalue weighted by Crippen LogP contribution is 2.52. The van der Waals surface area contributed by atoms with E-state index in [4.69, 9.17) is 34.2 Å². The number of hydrogen-bond acceptors (Lipinski definition) is 15. The van der Waals surface area contributed by atoms with Crippen molar-refractivity contribution in [2.75, 3.05) is 47.5 Å². The van der Waals surface area contributed by atoms with Gasteiger partial charge in [0.05, 0.1) is 48.7 Å². The molecule has 2 aromatic rings. The summed E-state index contributed by atoms with van der Waals surface area (Å²) in [6.07, 6.45) is -3.82. The molecular weight excluding hydrogens is 696 g/mol. The number of carbonyl (C=O) groups excluding carboxylic acids is 4. The number of morpholine rings is 1. The largest absolute Gasteiger partial charge is 0.507 e. The van der Waals surface area contributed by atoms with Gasteiger partial charge in [0.15, 0.2) is 18.4 Å². The summed E-state index contributed by atoms with van der Waals surface area (Å²) < 4.78 is 28.5. The van der Waals surface area contributed by atoms with Crippen molar-refractivity contribution in [2.45, 2.75) is 82.1 Å². The van der Waals surface area contributed by atoms with E-state index in [0.29, 0.717) is 19.7 Å². The summed E-state index contributed by atoms with van der Waals surface area (Å²) in [5, 5.41) is 48.5. The van der Waals surface area contributed by atoms with Gasteiger partial charge in [-0.25, -0.2) is 0 Å². The Hall–Kier alpha value is -4.20. The van der Waals surface area contributed by atoms with Crippen molar-refractivity contribution in [2.24, 2.45) is 11.5 Å². The molecule has 2 aromatic carbocycles. The Kier molecular flexibility index (Phi) is 13.9. The first-order valence-electron chi connectivity index (χ1n) is 17.3. The number of aromatic hydroxyl groups is 2. The molecule has 292 valence electrons.